The number of carbonyl (C=O) groups excluding carboxylic acids is 3. The maximum atomic E-state index is 12.1. The molecule has 3 N–H and O–H groups in total. The fraction of sp³-hybridized carbons (Fsp3) is 0.471. The smallest absolute Gasteiger partial charge is 0.305 e. The van der Waals surface area contributed by atoms with Gasteiger partial charge >= 0.3 is 5.97 Å². The van der Waals surface area contributed by atoms with E-state index in [1.165, 1.54) is 7.11 Å². The van der Waals surface area contributed by atoms with E-state index in [0.717, 1.165) is 20.6 Å². The second kappa shape index (κ2) is 10.8. The van der Waals surface area contributed by atoms with Crippen LogP contribution in [0.15, 0.2) is 22.7 Å². The van der Waals surface area contributed by atoms with E-state index in [4.69, 9.17) is 0 Å². The van der Waals surface area contributed by atoms with Crippen LogP contribution in [0.25, 0.3) is 0 Å². The maximum Gasteiger partial charge on any atom is 0.305 e. The number of aryl methyl sites for hydroxylation is 1. The number of benzene rings is 1. The highest BCUT2D eigenvalue weighted by Crippen LogP contribution is 2.19. The molecule has 1 rings (SSSR count). The molecule has 0 spiro atoms. The van der Waals surface area contributed by atoms with Gasteiger partial charge in [-0.3, -0.25) is 14.4 Å². The number of carbonyl (C=O) groups is 3. The molecule has 0 bridgehead atoms. The molecule has 1 aromatic carbocycles. The summed E-state index contributed by atoms with van der Waals surface area (Å²) in [4.78, 5) is 35.6. The number of quaternary nitrogens is 1. The lowest BCUT2D eigenvalue weighted by atomic mass is 10.2. The highest BCUT2D eigenvalue weighted by Gasteiger charge is 2.15. The monoisotopic (exact) mass is 414 g/mol. The van der Waals surface area contributed by atoms with Crippen molar-refractivity contribution in [1.82, 2.24) is 5.32 Å². The molecule has 0 aliphatic rings. The van der Waals surface area contributed by atoms with E-state index < -0.39 is 0 Å². The van der Waals surface area contributed by atoms with Gasteiger partial charge in [0.25, 0.3) is 11.8 Å². The van der Waals surface area contributed by atoms with Crippen molar-refractivity contribution in [3.63, 3.8) is 0 Å². The number of anilines is 1. The van der Waals surface area contributed by atoms with Crippen LogP contribution in [0.4, 0.5) is 5.69 Å². The minimum atomic E-state index is -0.295. The molecule has 1 aromatic rings. The molecule has 2 amide bonds. The fourth-order valence-corrected chi connectivity index (χ4v) is 2.67. The van der Waals surface area contributed by atoms with E-state index in [1.807, 2.05) is 25.1 Å². The molecule has 0 aromatic heterocycles. The summed E-state index contributed by atoms with van der Waals surface area (Å²) in [6.45, 7) is 2.69. The van der Waals surface area contributed by atoms with Crippen LogP contribution in [0.2, 0.25) is 0 Å². The van der Waals surface area contributed by atoms with Gasteiger partial charge in [0, 0.05) is 23.1 Å². The molecule has 0 fully saturated rings. The molecule has 1 unspecified atom stereocenters. The van der Waals surface area contributed by atoms with Gasteiger partial charge in [0.05, 0.1) is 14.2 Å². The van der Waals surface area contributed by atoms with Crippen molar-refractivity contribution in [2.45, 2.75) is 19.8 Å². The molecule has 0 saturated carbocycles. The summed E-state index contributed by atoms with van der Waals surface area (Å²) in [5.74, 6) is -0.603. The minimum Gasteiger partial charge on any atom is -0.469 e. The Bertz CT molecular complexity index is 622. The number of rotatable bonds is 9. The lowest BCUT2D eigenvalue weighted by Crippen LogP contribution is -3.11. The fourth-order valence-electron chi connectivity index (χ4n) is 2.20. The van der Waals surface area contributed by atoms with Gasteiger partial charge in [-0.05, 0) is 37.1 Å². The van der Waals surface area contributed by atoms with Gasteiger partial charge < -0.3 is 20.3 Å². The molecule has 0 aliphatic carbocycles. The van der Waals surface area contributed by atoms with E-state index in [1.54, 1.807) is 7.05 Å². The summed E-state index contributed by atoms with van der Waals surface area (Å²) in [5, 5.41) is 5.58. The molecule has 0 saturated heterocycles. The average Bonchev–Trinajstić information content (AvgIpc) is 2.53. The number of methoxy groups -OCH3 is 1. The van der Waals surface area contributed by atoms with E-state index in [2.05, 4.69) is 31.3 Å². The first-order chi connectivity index (χ1) is 11.8. The second-order valence-corrected chi connectivity index (χ2v) is 6.76. The summed E-state index contributed by atoms with van der Waals surface area (Å²) >= 11 is 3.38. The van der Waals surface area contributed by atoms with Crippen LogP contribution in [0.5, 0.6) is 0 Å². The quantitative estimate of drug-likeness (QED) is 0.400. The van der Waals surface area contributed by atoms with Crippen LogP contribution >= 0.6 is 15.9 Å². The third kappa shape index (κ3) is 8.64. The third-order valence-corrected chi connectivity index (χ3v) is 3.99. The second-order valence-electron chi connectivity index (χ2n) is 5.85. The van der Waals surface area contributed by atoms with Crippen LogP contribution in [-0.4, -0.2) is 51.6 Å². The Morgan fingerprint density at radius 1 is 1.20 bits per heavy atom. The zero-order valence-electron chi connectivity index (χ0n) is 14.8. The Morgan fingerprint density at radius 2 is 1.88 bits per heavy atom. The van der Waals surface area contributed by atoms with Gasteiger partial charge in [0.1, 0.15) is 0 Å². The molecular weight excluding hydrogens is 390 g/mol. The minimum absolute atomic E-state index is 0.151. The number of hydrogen-bond acceptors (Lipinski definition) is 4. The Morgan fingerprint density at radius 3 is 2.52 bits per heavy atom. The molecule has 0 radical (unpaired) electrons. The van der Waals surface area contributed by atoms with Crippen molar-refractivity contribution in [2.24, 2.45) is 0 Å². The number of likely N-dealkylation sites (N-methyl/N-ethyl adjacent to an activating group) is 1. The summed E-state index contributed by atoms with van der Waals surface area (Å²) in [7, 11) is 3.11. The first-order valence-electron chi connectivity index (χ1n) is 8.02. The zero-order chi connectivity index (χ0) is 18.8. The summed E-state index contributed by atoms with van der Waals surface area (Å²) < 4.78 is 5.48. The highest BCUT2D eigenvalue weighted by atomic mass is 79.9. The van der Waals surface area contributed by atoms with Gasteiger partial charge in [0.2, 0.25) is 0 Å². The first-order valence-corrected chi connectivity index (χ1v) is 8.82. The third-order valence-electron chi connectivity index (χ3n) is 3.49. The largest absolute Gasteiger partial charge is 0.469 e. The van der Waals surface area contributed by atoms with Crippen molar-refractivity contribution in [3.8, 4) is 0 Å². The predicted molar refractivity (Wildman–Crippen MR) is 98.4 cm³/mol. The molecule has 25 heavy (non-hydrogen) atoms. The van der Waals surface area contributed by atoms with Crippen LogP contribution < -0.4 is 15.5 Å². The number of esters is 1. The molecular formula is C17H25BrN3O4+. The normalized spacial score (nSPS) is 11.5. The summed E-state index contributed by atoms with van der Waals surface area (Å²) in [5.41, 5.74) is 1.72. The van der Waals surface area contributed by atoms with Crippen LogP contribution in [0, 0.1) is 6.92 Å². The van der Waals surface area contributed by atoms with Crippen LogP contribution in [0.1, 0.15) is 18.4 Å². The summed E-state index contributed by atoms with van der Waals surface area (Å²) in [6, 6.07) is 5.62. The van der Waals surface area contributed by atoms with Gasteiger partial charge in [-0.1, -0.05) is 15.9 Å². The molecule has 0 aliphatic heterocycles. The highest BCUT2D eigenvalue weighted by molar-refractivity contribution is 9.10. The molecule has 138 valence electrons. The van der Waals surface area contributed by atoms with Gasteiger partial charge in [-0.15, -0.1) is 0 Å². The lowest BCUT2D eigenvalue weighted by Gasteiger charge is -2.14. The predicted octanol–water partition coefficient (Wildman–Crippen LogP) is 0.280. The standard InChI is InChI=1S/C17H24BrN3O4/c1-12-9-13(18)6-7-14(12)20-16(23)11-21(2)10-15(22)19-8-4-5-17(24)25-3/h6-7,9H,4-5,8,10-11H2,1-3H3,(H,19,22)(H,20,23)/p+1. The number of halogens is 1. The molecule has 0 heterocycles. The Kier molecular flexibility index (Phi) is 9.15. The van der Waals surface area contributed by atoms with E-state index in [-0.39, 0.29) is 37.3 Å². The maximum absolute atomic E-state index is 12.1. The number of nitrogens with one attached hydrogen (secondary N) is 3. The Hall–Kier alpha value is -1.93. The summed E-state index contributed by atoms with van der Waals surface area (Å²) in [6.07, 6.45) is 0.801. The zero-order valence-corrected chi connectivity index (χ0v) is 16.4. The average molecular weight is 415 g/mol. The number of amides is 2. The lowest BCUT2D eigenvalue weighted by molar-refractivity contribution is -0.862. The van der Waals surface area contributed by atoms with Crippen LogP contribution in [-0.2, 0) is 19.1 Å². The van der Waals surface area contributed by atoms with Crippen molar-refractivity contribution in [3.05, 3.63) is 28.2 Å². The van der Waals surface area contributed by atoms with Crippen LogP contribution in [0.3, 0.4) is 0 Å². The number of hydrogen-bond donors (Lipinski definition) is 3. The van der Waals surface area contributed by atoms with E-state index in [0.29, 0.717) is 13.0 Å². The van der Waals surface area contributed by atoms with Crippen molar-refractivity contribution in [2.75, 3.05) is 39.1 Å². The van der Waals surface area contributed by atoms with Gasteiger partial charge in [-0.2, -0.15) is 0 Å². The molecule has 8 heteroatoms. The Labute approximate surface area is 156 Å². The van der Waals surface area contributed by atoms with Gasteiger partial charge in [0.15, 0.2) is 13.1 Å². The van der Waals surface area contributed by atoms with E-state index in [9.17, 15) is 14.4 Å². The first kappa shape index (κ1) is 21.1. The van der Waals surface area contributed by atoms with Gasteiger partial charge in [-0.25, -0.2) is 0 Å². The Balaban J connectivity index is 2.30. The van der Waals surface area contributed by atoms with Crippen molar-refractivity contribution in [1.29, 1.82) is 0 Å². The van der Waals surface area contributed by atoms with E-state index >= 15 is 0 Å². The van der Waals surface area contributed by atoms with Crippen molar-refractivity contribution >= 4 is 39.4 Å². The number of ether oxygens (including phenoxy) is 1. The molecule has 1 atom stereocenters. The van der Waals surface area contributed by atoms with Crippen molar-refractivity contribution < 1.29 is 24.0 Å². The topological polar surface area (TPSA) is 88.9 Å². The SMILES string of the molecule is COC(=O)CCCNC(=O)C[NH+](C)CC(=O)Nc1ccc(Br)cc1C. The molecule has 7 nitrogen and oxygen atoms in total.